The van der Waals surface area contributed by atoms with Gasteiger partial charge in [0.15, 0.2) is 0 Å². The molecule has 0 unspecified atom stereocenters. The van der Waals surface area contributed by atoms with E-state index >= 15 is 0 Å². The molecule has 106 valence electrons. The molecule has 0 radical (unpaired) electrons. The van der Waals surface area contributed by atoms with Gasteiger partial charge < -0.3 is 9.47 Å². The van der Waals surface area contributed by atoms with Crippen LogP contribution < -0.4 is 0 Å². The van der Waals surface area contributed by atoms with E-state index in [2.05, 4.69) is 0 Å². The van der Waals surface area contributed by atoms with Crippen LogP contribution >= 0.6 is 0 Å². The van der Waals surface area contributed by atoms with Gasteiger partial charge in [-0.3, -0.25) is 4.79 Å². The van der Waals surface area contributed by atoms with Crippen LogP contribution in [0.25, 0.3) is 0 Å². The summed E-state index contributed by atoms with van der Waals surface area (Å²) in [7, 11) is 0. The average Bonchev–Trinajstić information content (AvgIpc) is 3.24. The minimum absolute atomic E-state index is 0.0897. The predicted octanol–water partition coefficient (Wildman–Crippen LogP) is 2.49. The number of rotatable bonds is 6. The van der Waals surface area contributed by atoms with E-state index in [1.165, 1.54) is 6.08 Å². The van der Waals surface area contributed by atoms with Crippen LogP contribution in [-0.4, -0.2) is 18.5 Å². The molecule has 1 fully saturated rings. The highest BCUT2D eigenvalue weighted by molar-refractivity contribution is 5.82. The van der Waals surface area contributed by atoms with Crippen molar-refractivity contribution in [3.05, 3.63) is 48.0 Å². The fourth-order valence-electron chi connectivity index (χ4n) is 1.93. The molecular formula is C16H18O4. The minimum atomic E-state index is -0.386. The highest BCUT2D eigenvalue weighted by Gasteiger charge is 2.42. The van der Waals surface area contributed by atoms with Crippen molar-refractivity contribution in [2.75, 3.05) is 6.61 Å². The lowest BCUT2D eigenvalue weighted by Gasteiger charge is -2.01. The van der Waals surface area contributed by atoms with Crippen molar-refractivity contribution in [1.82, 2.24) is 0 Å². The zero-order chi connectivity index (χ0) is 14.4. The van der Waals surface area contributed by atoms with E-state index in [1.54, 1.807) is 13.0 Å². The van der Waals surface area contributed by atoms with Crippen LogP contribution in [0.5, 0.6) is 0 Å². The Morgan fingerprint density at radius 3 is 2.70 bits per heavy atom. The second-order valence-electron chi connectivity index (χ2n) is 4.71. The molecule has 1 aromatic carbocycles. The summed E-state index contributed by atoms with van der Waals surface area (Å²) in [6.45, 7) is 2.44. The Bertz CT molecular complexity index is 492. The molecule has 20 heavy (non-hydrogen) atoms. The van der Waals surface area contributed by atoms with Crippen LogP contribution in [0.4, 0.5) is 0 Å². The molecule has 4 heteroatoms. The van der Waals surface area contributed by atoms with E-state index in [0.717, 1.165) is 12.0 Å². The predicted molar refractivity (Wildman–Crippen MR) is 73.6 cm³/mol. The van der Waals surface area contributed by atoms with E-state index in [-0.39, 0.29) is 30.4 Å². The highest BCUT2D eigenvalue weighted by Crippen LogP contribution is 2.40. The van der Waals surface area contributed by atoms with Gasteiger partial charge in [0, 0.05) is 6.08 Å². The van der Waals surface area contributed by atoms with E-state index in [1.807, 2.05) is 30.3 Å². The largest absolute Gasteiger partial charge is 0.466 e. The monoisotopic (exact) mass is 274 g/mol. The first-order chi connectivity index (χ1) is 9.70. The van der Waals surface area contributed by atoms with Gasteiger partial charge in [0.2, 0.25) is 0 Å². The molecule has 1 aliphatic carbocycles. The smallest absolute Gasteiger partial charge is 0.330 e. The number of benzene rings is 1. The summed E-state index contributed by atoms with van der Waals surface area (Å²) in [4.78, 5) is 22.9. The zero-order valence-electron chi connectivity index (χ0n) is 11.5. The fraction of sp³-hybridized carbons (Fsp3) is 0.375. The van der Waals surface area contributed by atoms with Crippen LogP contribution in [0.1, 0.15) is 18.9 Å². The first-order valence-electron chi connectivity index (χ1n) is 6.76. The maximum Gasteiger partial charge on any atom is 0.330 e. The van der Waals surface area contributed by atoms with Crippen molar-refractivity contribution in [3.8, 4) is 0 Å². The topological polar surface area (TPSA) is 52.6 Å². The van der Waals surface area contributed by atoms with E-state index in [9.17, 15) is 9.59 Å². The summed E-state index contributed by atoms with van der Waals surface area (Å²) >= 11 is 0. The summed E-state index contributed by atoms with van der Waals surface area (Å²) in [6.07, 6.45) is 3.88. The normalized spacial score (nSPS) is 20.6. The fourth-order valence-corrected chi connectivity index (χ4v) is 1.93. The number of hydrogen-bond acceptors (Lipinski definition) is 4. The van der Waals surface area contributed by atoms with Crippen LogP contribution in [0.15, 0.2) is 42.5 Å². The van der Waals surface area contributed by atoms with Crippen LogP contribution in [0, 0.1) is 11.8 Å². The third-order valence-corrected chi connectivity index (χ3v) is 3.13. The van der Waals surface area contributed by atoms with Gasteiger partial charge in [0.05, 0.1) is 12.5 Å². The summed E-state index contributed by atoms with van der Waals surface area (Å²) in [5.74, 6) is -0.547. The Balaban J connectivity index is 1.70. The van der Waals surface area contributed by atoms with Crippen LogP contribution in [-0.2, 0) is 25.7 Å². The molecule has 1 aliphatic rings. The highest BCUT2D eigenvalue weighted by atomic mass is 16.5. The van der Waals surface area contributed by atoms with E-state index < -0.39 is 0 Å². The van der Waals surface area contributed by atoms with Gasteiger partial charge in [-0.2, -0.15) is 0 Å². The van der Waals surface area contributed by atoms with Crippen molar-refractivity contribution in [3.63, 3.8) is 0 Å². The lowest BCUT2D eigenvalue weighted by molar-refractivity contribution is -0.145. The molecule has 0 N–H and O–H groups in total. The molecule has 0 amide bonds. The molecule has 0 saturated heterocycles. The van der Waals surface area contributed by atoms with Gasteiger partial charge in [0.25, 0.3) is 0 Å². The maximum absolute atomic E-state index is 11.5. The van der Waals surface area contributed by atoms with Gasteiger partial charge in [-0.25, -0.2) is 4.79 Å². The van der Waals surface area contributed by atoms with Gasteiger partial charge in [-0.05, 0) is 24.8 Å². The van der Waals surface area contributed by atoms with Gasteiger partial charge in [0.1, 0.15) is 6.61 Å². The molecule has 0 aliphatic heterocycles. The van der Waals surface area contributed by atoms with E-state index in [4.69, 9.17) is 9.47 Å². The summed E-state index contributed by atoms with van der Waals surface area (Å²) in [5, 5.41) is 0. The van der Waals surface area contributed by atoms with Crippen molar-refractivity contribution in [2.24, 2.45) is 11.8 Å². The molecule has 4 nitrogen and oxygen atoms in total. The number of hydrogen-bond donors (Lipinski definition) is 0. The standard InChI is InChI=1S/C16H18O4/c1-2-19-16(18)14-10-13(14)8-9-15(17)20-11-12-6-4-3-5-7-12/h3-9,13-14H,2,10-11H2,1H3/b9-8+/t13-,14-/m1/s1. The van der Waals surface area contributed by atoms with Crippen molar-refractivity contribution >= 4 is 11.9 Å². The lowest BCUT2D eigenvalue weighted by Crippen LogP contribution is -2.07. The van der Waals surface area contributed by atoms with Gasteiger partial charge in [-0.1, -0.05) is 36.4 Å². The lowest BCUT2D eigenvalue weighted by atomic mass is 10.2. The number of carbonyl (C=O) groups excluding carboxylic acids is 2. The molecule has 2 atom stereocenters. The number of allylic oxidation sites excluding steroid dienone is 1. The maximum atomic E-state index is 11.5. The number of carbonyl (C=O) groups is 2. The van der Waals surface area contributed by atoms with Gasteiger partial charge >= 0.3 is 11.9 Å². The minimum Gasteiger partial charge on any atom is -0.466 e. The summed E-state index contributed by atoms with van der Waals surface area (Å²) < 4.78 is 10.0. The summed E-state index contributed by atoms with van der Waals surface area (Å²) in [6, 6.07) is 9.50. The molecule has 2 rings (SSSR count). The van der Waals surface area contributed by atoms with Crippen LogP contribution in [0.2, 0.25) is 0 Å². The molecular weight excluding hydrogens is 256 g/mol. The second-order valence-corrected chi connectivity index (χ2v) is 4.71. The van der Waals surface area contributed by atoms with Gasteiger partial charge in [-0.15, -0.1) is 0 Å². The Morgan fingerprint density at radius 2 is 2.00 bits per heavy atom. The average molecular weight is 274 g/mol. The first-order valence-corrected chi connectivity index (χ1v) is 6.76. The number of esters is 2. The van der Waals surface area contributed by atoms with Crippen LogP contribution in [0.3, 0.4) is 0 Å². The SMILES string of the molecule is CCOC(=O)[C@@H]1C[C@H]1/C=C/C(=O)OCc1ccccc1. The Morgan fingerprint density at radius 1 is 1.25 bits per heavy atom. The third-order valence-electron chi connectivity index (χ3n) is 3.13. The summed E-state index contributed by atoms with van der Waals surface area (Å²) in [5.41, 5.74) is 0.949. The Hall–Kier alpha value is -2.10. The van der Waals surface area contributed by atoms with Crippen molar-refractivity contribution in [1.29, 1.82) is 0 Å². The van der Waals surface area contributed by atoms with Crippen molar-refractivity contribution in [2.45, 2.75) is 20.0 Å². The Kier molecular flexibility index (Phi) is 4.93. The van der Waals surface area contributed by atoms with E-state index in [0.29, 0.717) is 6.61 Å². The molecule has 1 aromatic rings. The molecule has 0 bridgehead atoms. The van der Waals surface area contributed by atoms with Crippen molar-refractivity contribution < 1.29 is 19.1 Å². The second kappa shape index (κ2) is 6.89. The number of ether oxygens (including phenoxy) is 2. The quantitative estimate of drug-likeness (QED) is 0.590. The first kappa shape index (κ1) is 14.3. The zero-order valence-corrected chi connectivity index (χ0v) is 11.5. The molecule has 0 spiro atoms. The Labute approximate surface area is 118 Å². The molecule has 0 aromatic heterocycles. The molecule has 0 heterocycles. The molecule has 1 saturated carbocycles. The third kappa shape index (κ3) is 4.23.